The third-order valence-electron chi connectivity index (χ3n) is 3.11. The third kappa shape index (κ3) is 3.42. The Balaban J connectivity index is 2.09. The van der Waals surface area contributed by atoms with Gasteiger partial charge in [0.2, 0.25) is 0 Å². The van der Waals surface area contributed by atoms with E-state index in [0.717, 1.165) is 38.3 Å². The van der Waals surface area contributed by atoms with E-state index in [0.29, 0.717) is 10.6 Å². The van der Waals surface area contributed by atoms with Crippen LogP contribution in [-0.4, -0.2) is 38.2 Å². The van der Waals surface area contributed by atoms with Gasteiger partial charge in [-0.15, -0.1) is 0 Å². The van der Waals surface area contributed by atoms with Gasteiger partial charge in [0, 0.05) is 50.4 Å². The van der Waals surface area contributed by atoms with Gasteiger partial charge in [-0.3, -0.25) is 4.90 Å². The summed E-state index contributed by atoms with van der Waals surface area (Å²) in [6.07, 6.45) is 0. The first-order valence-electron chi connectivity index (χ1n) is 6.09. The lowest BCUT2D eigenvalue weighted by molar-refractivity contribution is 0.181. The molecule has 2 rings (SSSR count). The van der Waals surface area contributed by atoms with E-state index in [1.807, 2.05) is 6.07 Å². The smallest absolute Gasteiger partial charge is 0.130 e. The first-order valence-corrected chi connectivity index (χ1v) is 6.47. The lowest BCUT2D eigenvalue weighted by Gasteiger charge is -2.27. The predicted molar refractivity (Wildman–Crippen MR) is 70.3 cm³/mol. The largest absolute Gasteiger partial charge is 0.380 e. The van der Waals surface area contributed by atoms with Gasteiger partial charge in [0.15, 0.2) is 0 Å². The number of hydrogen-bond donors (Lipinski definition) is 1. The number of benzene rings is 1. The molecule has 1 aromatic rings. The van der Waals surface area contributed by atoms with Crippen LogP contribution in [0.3, 0.4) is 0 Å². The van der Waals surface area contributed by atoms with E-state index in [2.05, 4.69) is 10.2 Å². The van der Waals surface area contributed by atoms with Crippen molar-refractivity contribution in [3.63, 3.8) is 0 Å². The summed E-state index contributed by atoms with van der Waals surface area (Å²) < 4.78 is 18.8. The molecule has 1 saturated heterocycles. The van der Waals surface area contributed by atoms with Gasteiger partial charge in [-0.2, -0.15) is 0 Å². The lowest BCUT2D eigenvalue weighted by Crippen LogP contribution is -2.42. The number of halogens is 2. The summed E-state index contributed by atoms with van der Waals surface area (Å²) in [4.78, 5) is 2.29. The minimum absolute atomic E-state index is 0.207. The highest BCUT2D eigenvalue weighted by Gasteiger charge is 2.13. The molecule has 0 aromatic heterocycles. The van der Waals surface area contributed by atoms with E-state index in [1.165, 1.54) is 7.11 Å². The Morgan fingerprint density at radius 1 is 1.39 bits per heavy atom. The van der Waals surface area contributed by atoms with Gasteiger partial charge >= 0.3 is 0 Å². The van der Waals surface area contributed by atoms with Crippen LogP contribution in [0.25, 0.3) is 0 Å². The van der Waals surface area contributed by atoms with Crippen molar-refractivity contribution in [1.29, 1.82) is 0 Å². The van der Waals surface area contributed by atoms with Crippen molar-refractivity contribution >= 4 is 11.6 Å². The molecule has 0 unspecified atom stereocenters. The summed E-state index contributed by atoms with van der Waals surface area (Å²) in [5.41, 5.74) is 1.35. The van der Waals surface area contributed by atoms with E-state index in [9.17, 15) is 4.39 Å². The minimum Gasteiger partial charge on any atom is -0.380 e. The van der Waals surface area contributed by atoms with Crippen molar-refractivity contribution in [2.24, 2.45) is 0 Å². The van der Waals surface area contributed by atoms with Gasteiger partial charge in [0.25, 0.3) is 0 Å². The molecule has 1 aromatic carbocycles. The van der Waals surface area contributed by atoms with Crippen molar-refractivity contribution in [2.75, 3.05) is 33.3 Å². The molecule has 0 atom stereocenters. The first-order chi connectivity index (χ1) is 8.70. The molecule has 0 radical (unpaired) electrons. The van der Waals surface area contributed by atoms with Crippen LogP contribution in [0.4, 0.5) is 4.39 Å². The molecule has 1 heterocycles. The maximum Gasteiger partial charge on any atom is 0.130 e. The zero-order chi connectivity index (χ0) is 13.0. The SMILES string of the molecule is COCc1c(F)cc(CN2CCNCC2)cc1Cl. The predicted octanol–water partition coefficient (Wildman–Crippen LogP) is 2.03. The Hall–Kier alpha value is -0.680. The van der Waals surface area contributed by atoms with Crippen LogP contribution in [0.2, 0.25) is 5.02 Å². The van der Waals surface area contributed by atoms with Crippen molar-refractivity contribution in [3.8, 4) is 0 Å². The Bertz CT molecular complexity index is 385. The Morgan fingerprint density at radius 3 is 2.72 bits per heavy atom. The number of piperazine rings is 1. The summed E-state index contributed by atoms with van der Waals surface area (Å²) >= 11 is 6.08. The monoisotopic (exact) mass is 272 g/mol. The number of nitrogens with zero attached hydrogens (tertiary/aromatic N) is 1. The molecule has 3 nitrogen and oxygen atoms in total. The number of hydrogen-bond acceptors (Lipinski definition) is 3. The summed E-state index contributed by atoms with van der Waals surface area (Å²) in [6.45, 7) is 4.89. The second-order valence-electron chi connectivity index (χ2n) is 4.50. The van der Waals surface area contributed by atoms with Crippen molar-refractivity contribution in [2.45, 2.75) is 13.2 Å². The molecule has 1 aliphatic heterocycles. The molecule has 0 spiro atoms. The van der Waals surface area contributed by atoms with E-state index in [1.54, 1.807) is 6.07 Å². The second kappa shape index (κ2) is 6.48. The van der Waals surface area contributed by atoms with Gasteiger partial charge in [-0.25, -0.2) is 4.39 Å². The molecule has 1 N–H and O–H groups in total. The summed E-state index contributed by atoms with van der Waals surface area (Å²) in [6, 6.07) is 3.39. The highest BCUT2D eigenvalue weighted by molar-refractivity contribution is 6.31. The standard InChI is InChI=1S/C13H18ClFN2O/c1-18-9-11-12(14)6-10(7-13(11)15)8-17-4-2-16-3-5-17/h6-7,16H,2-5,8-9H2,1H3. The fourth-order valence-electron chi connectivity index (χ4n) is 2.16. The lowest BCUT2D eigenvalue weighted by atomic mass is 10.1. The molecule has 0 bridgehead atoms. The van der Waals surface area contributed by atoms with Crippen LogP contribution >= 0.6 is 11.6 Å². The van der Waals surface area contributed by atoms with Crippen molar-refractivity contribution in [3.05, 3.63) is 34.1 Å². The molecule has 1 aliphatic rings. The van der Waals surface area contributed by atoms with Gasteiger partial charge in [-0.05, 0) is 17.7 Å². The van der Waals surface area contributed by atoms with Crippen LogP contribution < -0.4 is 5.32 Å². The Morgan fingerprint density at radius 2 is 2.11 bits per heavy atom. The van der Waals surface area contributed by atoms with E-state index >= 15 is 0 Å². The van der Waals surface area contributed by atoms with E-state index in [-0.39, 0.29) is 12.4 Å². The molecule has 1 fully saturated rings. The summed E-state index contributed by atoms with van der Waals surface area (Å²) in [5.74, 6) is -0.283. The summed E-state index contributed by atoms with van der Waals surface area (Å²) in [7, 11) is 1.53. The minimum atomic E-state index is -0.283. The molecule has 0 saturated carbocycles. The maximum absolute atomic E-state index is 13.9. The fourth-order valence-corrected chi connectivity index (χ4v) is 2.44. The topological polar surface area (TPSA) is 24.5 Å². The molecule has 0 amide bonds. The second-order valence-corrected chi connectivity index (χ2v) is 4.90. The van der Waals surface area contributed by atoms with Gasteiger partial charge in [0.05, 0.1) is 6.61 Å². The number of methoxy groups -OCH3 is 1. The van der Waals surface area contributed by atoms with Crippen molar-refractivity contribution < 1.29 is 9.13 Å². The number of ether oxygens (including phenoxy) is 1. The Labute approximate surface area is 112 Å². The average molecular weight is 273 g/mol. The fraction of sp³-hybridized carbons (Fsp3) is 0.538. The molecular formula is C13H18ClFN2O. The quantitative estimate of drug-likeness (QED) is 0.908. The number of rotatable bonds is 4. The number of nitrogens with one attached hydrogen (secondary N) is 1. The molecular weight excluding hydrogens is 255 g/mol. The average Bonchev–Trinajstić information content (AvgIpc) is 2.35. The summed E-state index contributed by atoms with van der Waals surface area (Å²) in [5, 5.41) is 3.74. The highest BCUT2D eigenvalue weighted by Crippen LogP contribution is 2.23. The molecule has 100 valence electrons. The zero-order valence-corrected chi connectivity index (χ0v) is 11.3. The Kier molecular flexibility index (Phi) is 4.95. The highest BCUT2D eigenvalue weighted by atomic mass is 35.5. The van der Waals surface area contributed by atoms with Crippen LogP contribution in [0.15, 0.2) is 12.1 Å². The van der Waals surface area contributed by atoms with Crippen LogP contribution in [-0.2, 0) is 17.9 Å². The van der Waals surface area contributed by atoms with Gasteiger partial charge < -0.3 is 10.1 Å². The normalized spacial score (nSPS) is 17.1. The molecule has 0 aliphatic carbocycles. The maximum atomic E-state index is 13.9. The van der Waals surface area contributed by atoms with Crippen LogP contribution in [0.5, 0.6) is 0 Å². The zero-order valence-electron chi connectivity index (χ0n) is 10.5. The third-order valence-corrected chi connectivity index (χ3v) is 3.44. The first kappa shape index (κ1) is 13.7. The van der Waals surface area contributed by atoms with Gasteiger partial charge in [-0.1, -0.05) is 11.6 Å². The van der Waals surface area contributed by atoms with E-state index in [4.69, 9.17) is 16.3 Å². The van der Waals surface area contributed by atoms with Crippen LogP contribution in [0.1, 0.15) is 11.1 Å². The van der Waals surface area contributed by atoms with Gasteiger partial charge in [0.1, 0.15) is 5.82 Å². The van der Waals surface area contributed by atoms with E-state index < -0.39 is 0 Å². The van der Waals surface area contributed by atoms with Crippen LogP contribution in [0, 0.1) is 5.82 Å². The van der Waals surface area contributed by atoms with Crippen molar-refractivity contribution in [1.82, 2.24) is 10.2 Å². The molecule has 18 heavy (non-hydrogen) atoms. The molecule has 5 heteroatoms.